The maximum absolute atomic E-state index is 12.1. The summed E-state index contributed by atoms with van der Waals surface area (Å²) in [4.78, 5) is 18.6. The zero-order chi connectivity index (χ0) is 13.7. The number of carbonyl (C=O) groups excluding carboxylic acids is 1. The van der Waals surface area contributed by atoms with Gasteiger partial charge in [-0.1, -0.05) is 0 Å². The number of hydrogen-bond acceptors (Lipinski definition) is 4. The normalized spacial score (nSPS) is 17.2. The highest BCUT2D eigenvalue weighted by atomic mass is 16.1. The van der Waals surface area contributed by atoms with Crippen LogP contribution in [0.25, 0.3) is 0 Å². The van der Waals surface area contributed by atoms with Crippen LogP contribution in [0, 0.1) is 0 Å². The van der Waals surface area contributed by atoms with E-state index < -0.39 is 0 Å². The first kappa shape index (κ1) is 13.8. The molecule has 104 valence electrons. The Kier molecular flexibility index (Phi) is 4.74. The molecule has 19 heavy (non-hydrogen) atoms. The molecule has 1 aliphatic heterocycles. The molecule has 5 heteroatoms. The summed E-state index contributed by atoms with van der Waals surface area (Å²) >= 11 is 0. The van der Waals surface area contributed by atoms with Crippen LogP contribution in [0.15, 0.2) is 18.3 Å². The van der Waals surface area contributed by atoms with Crippen molar-refractivity contribution in [1.82, 2.24) is 15.2 Å². The standard InChI is InChI=1S/C14H22N4O/c1-11(10-18-7-3-4-8-18)17-14(19)13-9-12(15-2)5-6-16-13/h5-6,9,11H,3-4,7-8,10H2,1-2H3,(H,15,16)(H,17,19). The summed E-state index contributed by atoms with van der Waals surface area (Å²) in [5, 5.41) is 6.01. The van der Waals surface area contributed by atoms with Crippen molar-refractivity contribution in [1.29, 1.82) is 0 Å². The molecule has 1 aromatic rings. The van der Waals surface area contributed by atoms with Crippen molar-refractivity contribution < 1.29 is 4.79 Å². The van der Waals surface area contributed by atoms with Gasteiger partial charge in [-0.25, -0.2) is 0 Å². The molecule has 1 amide bonds. The molecule has 0 spiro atoms. The van der Waals surface area contributed by atoms with Gasteiger partial charge in [0.25, 0.3) is 5.91 Å². The van der Waals surface area contributed by atoms with E-state index in [1.54, 1.807) is 12.3 Å². The summed E-state index contributed by atoms with van der Waals surface area (Å²) in [6, 6.07) is 3.74. The molecular formula is C14H22N4O. The average Bonchev–Trinajstić information content (AvgIpc) is 2.91. The SMILES string of the molecule is CNc1ccnc(C(=O)NC(C)CN2CCCC2)c1. The molecule has 0 radical (unpaired) electrons. The molecule has 1 aromatic heterocycles. The Morgan fingerprint density at radius 2 is 2.21 bits per heavy atom. The lowest BCUT2D eigenvalue weighted by Gasteiger charge is -2.21. The number of aromatic nitrogens is 1. The van der Waals surface area contributed by atoms with Gasteiger partial charge in [0, 0.05) is 31.5 Å². The summed E-state index contributed by atoms with van der Waals surface area (Å²) in [6.07, 6.45) is 4.19. The van der Waals surface area contributed by atoms with Crippen LogP contribution in [-0.2, 0) is 0 Å². The molecule has 1 fully saturated rings. The summed E-state index contributed by atoms with van der Waals surface area (Å²) in [5.41, 5.74) is 1.35. The fourth-order valence-electron chi connectivity index (χ4n) is 2.41. The monoisotopic (exact) mass is 262 g/mol. The van der Waals surface area contributed by atoms with Gasteiger partial charge in [0.1, 0.15) is 5.69 Å². The van der Waals surface area contributed by atoms with Crippen molar-refractivity contribution in [3.8, 4) is 0 Å². The van der Waals surface area contributed by atoms with E-state index >= 15 is 0 Å². The van der Waals surface area contributed by atoms with E-state index in [2.05, 4.69) is 20.5 Å². The molecule has 2 N–H and O–H groups in total. The van der Waals surface area contributed by atoms with Crippen molar-refractivity contribution in [2.45, 2.75) is 25.8 Å². The highest BCUT2D eigenvalue weighted by molar-refractivity contribution is 5.93. The second kappa shape index (κ2) is 6.52. The molecule has 1 unspecified atom stereocenters. The van der Waals surface area contributed by atoms with Gasteiger partial charge in [-0.2, -0.15) is 0 Å². The van der Waals surface area contributed by atoms with Crippen LogP contribution in [0.2, 0.25) is 0 Å². The van der Waals surface area contributed by atoms with Crippen molar-refractivity contribution in [3.05, 3.63) is 24.0 Å². The Morgan fingerprint density at radius 3 is 2.89 bits per heavy atom. The number of rotatable bonds is 5. The minimum absolute atomic E-state index is 0.108. The zero-order valence-electron chi connectivity index (χ0n) is 11.6. The van der Waals surface area contributed by atoms with Crippen LogP contribution < -0.4 is 10.6 Å². The topological polar surface area (TPSA) is 57.3 Å². The number of hydrogen-bond donors (Lipinski definition) is 2. The molecule has 0 saturated carbocycles. The van der Waals surface area contributed by atoms with E-state index in [1.807, 2.05) is 20.0 Å². The van der Waals surface area contributed by atoms with E-state index in [1.165, 1.54) is 12.8 Å². The Balaban J connectivity index is 1.88. The van der Waals surface area contributed by atoms with Crippen molar-refractivity contribution in [3.63, 3.8) is 0 Å². The summed E-state index contributed by atoms with van der Waals surface area (Å²) in [6.45, 7) is 5.25. The van der Waals surface area contributed by atoms with Gasteiger partial charge in [0.15, 0.2) is 0 Å². The van der Waals surface area contributed by atoms with Crippen LogP contribution in [0.5, 0.6) is 0 Å². The quantitative estimate of drug-likeness (QED) is 0.840. The molecule has 1 aliphatic rings. The van der Waals surface area contributed by atoms with Crippen LogP contribution in [0.1, 0.15) is 30.3 Å². The molecule has 2 rings (SSSR count). The van der Waals surface area contributed by atoms with Crippen molar-refractivity contribution in [2.75, 3.05) is 32.0 Å². The number of likely N-dealkylation sites (tertiary alicyclic amines) is 1. The number of carbonyl (C=O) groups is 1. The predicted octanol–water partition coefficient (Wildman–Crippen LogP) is 1.34. The first-order valence-electron chi connectivity index (χ1n) is 6.86. The van der Waals surface area contributed by atoms with Crippen LogP contribution >= 0.6 is 0 Å². The lowest BCUT2D eigenvalue weighted by molar-refractivity contribution is 0.0927. The van der Waals surface area contributed by atoms with Gasteiger partial charge in [-0.05, 0) is 45.0 Å². The zero-order valence-corrected chi connectivity index (χ0v) is 11.6. The third-order valence-electron chi connectivity index (χ3n) is 3.39. The van der Waals surface area contributed by atoms with Gasteiger partial charge < -0.3 is 15.5 Å². The molecule has 1 saturated heterocycles. The second-order valence-electron chi connectivity index (χ2n) is 5.06. The van der Waals surface area contributed by atoms with Crippen molar-refractivity contribution in [2.24, 2.45) is 0 Å². The summed E-state index contributed by atoms with van der Waals surface area (Å²) in [5.74, 6) is -0.108. The number of pyridine rings is 1. The summed E-state index contributed by atoms with van der Waals surface area (Å²) in [7, 11) is 1.83. The maximum Gasteiger partial charge on any atom is 0.270 e. The molecule has 2 heterocycles. The third-order valence-corrected chi connectivity index (χ3v) is 3.39. The number of amides is 1. The van der Waals surface area contributed by atoms with Gasteiger partial charge in [0.05, 0.1) is 0 Å². The predicted molar refractivity (Wildman–Crippen MR) is 76.4 cm³/mol. The summed E-state index contributed by atoms with van der Waals surface area (Å²) < 4.78 is 0. The van der Waals surface area contributed by atoms with E-state index in [-0.39, 0.29) is 11.9 Å². The number of anilines is 1. The van der Waals surface area contributed by atoms with E-state index in [4.69, 9.17) is 0 Å². The lowest BCUT2D eigenvalue weighted by atomic mass is 10.2. The smallest absolute Gasteiger partial charge is 0.270 e. The first-order chi connectivity index (χ1) is 9.19. The number of nitrogens with one attached hydrogen (secondary N) is 2. The van der Waals surface area contributed by atoms with Crippen LogP contribution in [0.4, 0.5) is 5.69 Å². The minimum atomic E-state index is -0.108. The van der Waals surface area contributed by atoms with E-state index in [9.17, 15) is 4.79 Å². The van der Waals surface area contributed by atoms with Gasteiger partial charge in [-0.3, -0.25) is 9.78 Å². The molecule has 1 atom stereocenters. The van der Waals surface area contributed by atoms with Gasteiger partial charge in [-0.15, -0.1) is 0 Å². The van der Waals surface area contributed by atoms with E-state index in [0.29, 0.717) is 5.69 Å². The molecule has 0 aliphatic carbocycles. The lowest BCUT2D eigenvalue weighted by Crippen LogP contribution is -2.41. The van der Waals surface area contributed by atoms with Crippen molar-refractivity contribution >= 4 is 11.6 Å². The second-order valence-corrected chi connectivity index (χ2v) is 5.06. The minimum Gasteiger partial charge on any atom is -0.388 e. The maximum atomic E-state index is 12.1. The molecular weight excluding hydrogens is 240 g/mol. The van der Waals surface area contributed by atoms with Gasteiger partial charge in [0.2, 0.25) is 0 Å². The highest BCUT2D eigenvalue weighted by Gasteiger charge is 2.17. The fourth-order valence-corrected chi connectivity index (χ4v) is 2.41. The molecule has 0 aromatic carbocycles. The fraction of sp³-hybridized carbons (Fsp3) is 0.571. The Hall–Kier alpha value is -1.62. The first-order valence-corrected chi connectivity index (χ1v) is 6.86. The van der Waals surface area contributed by atoms with E-state index in [0.717, 1.165) is 25.3 Å². The molecule has 0 bridgehead atoms. The average molecular weight is 262 g/mol. The van der Waals surface area contributed by atoms with Crippen LogP contribution in [-0.4, -0.2) is 48.5 Å². The molecule has 5 nitrogen and oxygen atoms in total. The van der Waals surface area contributed by atoms with Gasteiger partial charge >= 0.3 is 0 Å². The Morgan fingerprint density at radius 1 is 1.47 bits per heavy atom. The Bertz CT molecular complexity index is 429. The Labute approximate surface area is 114 Å². The van der Waals surface area contributed by atoms with Crippen LogP contribution in [0.3, 0.4) is 0 Å². The highest BCUT2D eigenvalue weighted by Crippen LogP contribution is 2.09. The number of nitrogens with zero attached hydrogens (tertiary/aromatic N) is 2. The largest absolute Gasteiger partial charge is 0.388 e. The third kappa shape index (κ3) is 3.92.